The number of hydrogen-bond acceptors (Lipinski definition) is 3. The van der Waals surface area contributed by atoms with Gasteiger partial charge in [-0.25, -0.2) is 0 Å². The van der Waals surface area contributed by atoms with Crippen LogP contribution in [0, 0.1) is 19.8 Å². The van der Waals surface area contributed by atoms with E-state index in [1.807, 2.05) is 13.8 Å². The van der Waals surface area contributed by atoms with Gasteiger partial charge in [-0.1, -0.05) is 19.3 Å². The van der Waals surface area contributed by atoms with Gasteiger partial charge >= 0.3 is 0 Å². The van der Waals surface area contributed by atoms with Crippen LogP contribution in [0.4, 0.5) is 0 Å². The van der Waals surface area contributed by atoms with Crippen molar-refractivity contribution in [2.45, 2.75) is 58.5 Å². The van der Waals surface area contributed by atoms with Crippen molar-refractivity contribution >= 4 is 17.5 Å². The summed E-state index contributed by atoms with van der Waals surface area (Å²) < 4.78 is 1.79. The Morgan fingerprint density at radius 2 is 2.09 bits per heavy atom. The molecule has 1 aromatic rings. The second kappa shape index (κ2) is 7.97. The number of aliphatic hydroxyl groups excluding tert-OH is 1. The molecular formula is C16H26ClN3O2. The van der Waals surface area contributed by atoms with Gasteiger partial charge in [-0.05, 0) is 26.7 Å². The summed E-state index contributed by atoms with van der Waals surface area (Å²) in [5, 5.41) is 17.1. The Bertz CT molecular complexity index is 516. The Morgan fingerprint density at radius 1 is 1.36 bits per heavy atom. The predicted molar refractivity (Wildman–Crippen MR) is 87.3 cm³/mol. The molecule has 0 saturated heterocycles. The molecule has 22 heavy (non-hydrogen) atoms. The third kappa shape index (κ3) is 3.82. The largest absolute Gasteiger partial charge is 0.396 e. The molecule has 124 valence electrons. The van der Waals surface area contributed by atoms with Gasteiger partial charge in [-0.3, -0.25) is 9.48 Å². The van der Waals surface area contributed by atoms with E-state index >= 15 is 0 Å². The van der Waals surface area contributed by atoms with Crippen LogP contribution in [0.15, 0.2) is 0 Å². The zero-order valence-corrected chi connectivity index (χ0v) is 14.2. The molecule has 1 saturated carbocycles. The number of aromatic nitrogens is 2. The maximum atomic E-state index is 12.7. The van der Waals surface area contributed by atoms with E-state index in [1.54, 1.807) is 4.68 Å². The van der Waals surface area contributed by atoms with Crippen molar-refractivity contribution in [2.24, 2.45) is 5.92 Å². The highest BCUT2D eigenvalue weighted by molar-refractivity contribution is 6.17. The maximum absolute atomic E-state index is 12.7. The molecule has 0 aromatic carbocycles. The van der Waals surface area contributed by atoms with Crippen LogP contribution in [0.2, 0.25) is 0 Å². The van der Waals surface area contributed by atoms with Crippen molar-refractivity contribution in [1.29, 1.82) is 0 Å². The minimum absolute atomic E-state index is 0.0511. The molecule has 0 radical (unpaired) electrons. The molecule has 5 nitrogen and oxygen atoms in total. The summed E-state index contributed by atoms with van der Waals surface area (Å²) in [6.45, 7) is 4.49. The smallest absolute Gasteiger partial charge is 0.255 e. The van der Waals surface area contributed by atoms with E-state index in [4.69, 9.17) is 11.6 Å². The lowest BCUT2D eigenvalue weighted by Crippen LogP contribution is -2.41. The molecule has 1 aliphatic carbocycles. The lowest BCUT2D eigenvalue weighted by atomic mass is 9.95. The average molecular weight is 328 g/mol. The number of alkyl halides is 1. The predicted octanol–water partition coefficient (Wildman–Crippen LogP) is 2.41. The lowest BCUT2D eigenvalue weighted by Gasteiger charge is -2.24. The zero-order chi connectivity index (χ0) is 16.1. The van der Waals surface area contributed by atoms with Crippen LogP contribution in [0.3, 0.4) is 0 Å². The van der Waals surface area contributed by atoms with E-state index in [2.05, 4.69) is 10.4 Å². The number of carbonyl (C=O) groups excluding carboxylic acids is 1. The number of aryl methyl sites for hydroxylation is 2. The van der Waals surface area contributed by atoms with Crippen LogP contribution >= 0.6 is 11.6 Å². The second-order valence-corrected chi connectivity index (χ2v) is 6.50. The van der Waals surface area contributed by atoms with Crippen LogP contribution < -0.4 is 5.32 Å². The average Bonchev–Trinajstić information content (AvgIpc) is 2.66. The number of aliphatic hydroxyl groups is 1. The Labute approximate surface area is 137 Å². The molecule has 2 rings (SSSR count). The number of nitrogens with one attached hydrogen (secondary N) is 1. The highest BCUT2D eigenvalue weighted by Gasteiger charge is 2.27. The quantitative estimate of drug-likeness (QED) is 0.644. The first-order valence-corrected chi connectivity index (χ1v) is 8.63. The number of carbonyl (C=O) groups is 1. The van der Waals surface area contributed by atoms with Gasteiger partial charge in [0.15, 0.2) is 0 Å². The van der Waals surface area contributed by atoms with Gasteiger partial charge in [0.1, 0.15) is 0 Å². The lowest BCUT2D eigenvalue weighted by molar-refractivity contribution is 0.0898. The number of nitrogens with zero attached hydrogens (tertiary/aromatic N) is 2. The molecule has 1 fully saturated rings. The molecule has 0 bridgehead atoms. The molecule has 6 heteroatoms. The standard InChI is InChI=1S/C16H26ClN3O2/c1-11-15(12(2)20(19-11)9-8-17)16(22)18-14-7-5-3-4-6-13(14)10-21/h13-14,21H,3-10H2,1-2H3,(H,18,22). The highest BCUT2D eigenvalue weighted by atomic mass is 35.5. The van der Waals surface area contributed by atoms with Gasteiger partial charge in [0, 0.05) is 30.1 Å². The molecule has 0 aliphatic heterocycles. The summed E-state index contributed by atoms with van der Waals surface area (Å²) in [6.07, 6.45) is 5.32. The van der Waals surface area contributed by atoms with Crippen molar-refractivity contribution in [2.75, 3.05) is 12.5 Å². The first-order chi connectivity index (χ1) is 10.6. The van der Waals surface area contributed by atoms with Gasteiger partial charge in [0.2, 0.25) is 0 Å². The summed E-state index contributed by atoms with van der Waals surface area (Å²) in [7, 11) is 0. The fraction of sp³-hybridized carbons (Fsp3) is 0.750. The van der Waals surface area contributed by atoms with E-state index in [0.29, 0.717) is 18.0 Å². The monoisotopic (exact) mass is 327 g/mol. The van der Waals surface area contributed by atoms with Crippen molar-refractivity contribution in [1.82, 2.24) is 15.1 Å². The van der Waals surface area contributed by atoms with E-state index in [9.17, 15) is 9.90 Å². The van der Waals surface area contributed by atoms with Crippen LogP contribution in [-0.2, 0) is 6.54 Å². The maximum Gasteiger partial charge on any atom is 0.255 e. The van der Waals surface area contributed by atoms with Crippen LogP contribution in [0.5, 0.6) is 0 Å². The Hall–Kier alpha value is -1.07. The van der Waals surface area contributed by atoms with Gasteiger partial charge in [-0.15, -0.1) is 11.6 Å². The normalized spacial score (nSPS) is 22.4. The van der Waals surface area contributed by atoms with Crippen molar-refractivity contribution < 1.29 is 9.90 Å². The molecule has 1 aliphatic rings. The van der Waals surface area contributed by atoms with Crippen LogP contribution in [0.1, 0.15) is 53.8 Å². The van der Waals surface area contributed by atoms with Gasteiger partial charge in [0.05, 0.1) is 17.8 Å². The summed E-state index contributed by atoms with van der Waals surface area (Å²) in [6, 6.07) is 0.0511. The van der Waals surface area contributed by atoms with E-state index in [-0.39, 0.29) is 24.5 Å². The third-order valence-corrected chi connectivity index (χ3v) is 4.78. The molecule has 2 N–H and O–H groups in total. The Kier molecular flexibility index (Phi) is 6.26. The Balaban J connectivity index is 2.14. The topological polar surface area (TPSA) is 67.2 Å². The summed E-state index contributed by atoms with van der Waals surface area (Å²) >= 11 is 5.77. The van der Waals surface area contributed by atoms with Crippen LogP contribution in [0.25, 0.3) is 0 Å². The minimum atomic E-state index is -0.0822. The zero-order valence-electron chi connectivity index (χ0n) is 13.4. The minimum Gasteiger partial charge on any atom is -0.396 e. The van der Waals surface area contributed by atoms with Gasteiger partial charge < -0.3 is 10.4 Å². The third-order valence-electron chi connectivity index (χ3n) is 4.61. The van der Waals surface area contributed by atoms with Crippen molar-refractivity contribution in [3.05, 3.63) is 17.0 Å². The number of rotatable bonds is 5. The second-order valence-electron chi connectivity index (χ2n) is 6.12. The van der Waals surface area contributed by atoms with Crippen LogP contribution in [-0.4, -0.2) is 39.3 Å². The van der Waals surface area contributed by atoms with E-state index < -0.39 is 0 Å². The molecule has 0 spiro atoms. The van der Waals surface area contributed by atoms with E-state index in [0.717, 1.165) is 37.1 Å². The first kappa shape index (κ1) is 17.3. The summed E-state index contributed by atoms with van der Waals surface area (Å²) in [5.74, 6) is 0.546. The Morgan fingerprint density at radius 3 is 2.77 bits per heavy atom. The van der Waals surface area contributed by atoms with Gasteiger partial charge in [0.25, 0.3) is 5.91 Å². The summed E-state index contributed by atoms with van der Waals surface area (Å²) in [4.78, 5) is 12.7. The first-order valence-electron chi connectivity index (χ1n) is 8.10. The SMILES string of the molecule is Cc1nn(CCCl)c(C)c1C(=O)NC1CCCCCC1CO. The molecule has 2 atom stereocenters. The number of halogens is 1. The molecule has 1 aromatic heterocycles. The molecular weight excluding hydrogens is 302 g/mol. The van der Waals surface area contributed by atoms with Gasteiger partial charge in [-0.2, -0.15) is 5.10 Å². The van der Waals surface area contributed by atoms with Crippen molar-refractivity contribution in [3.8, 4) is 0 Å². The molecule has 1 amide bonds. The molecule has 1 heterocycles. The number of amides is 1. The molecule has 2 unspecified atom stereocenters. The highest BCUT2D eigenvalue weighted by Crippen LogP contribution is 2.24. The van der Waals surface area contributed by atoms with Crippen molar-refractivity contribution in [3.63, 3.8) is 0 Å². The number of hydrogen-bond donors (Lipinski definition) is 2. The summed E-state index contributed by atoms with van der Waals surface area (Å²) in [5.41, 5.74) is 2.23. The fourth-order valence-electron chi connectivity index (χ4n) is 3.36. The fourth-order valence-corrected chi connectivity index (χ4v) is 3.52. The van der Waals surface area contributed by atoms with E-state index in [1.165, 1.54) is 6.42 Å².